The van der Waals surface area contributed by atoms with Crippen molar-refractivity contribution in [1.29, 1.82) is 0 Å². The summed E-state index contributed by atoms with van der Waals surface area (Å²) in [5.41, 5.74) is 2.29. The van der Waals surface area contributed by atoms with Crippen LogP contribution in [0.25, 0.3) is 11.5 Å². The number of nitro benzene ring substituents is 1. The Morgan fingerprint density at radius 1 is 0.967 bits per heavy atom. The smallest absolute Gasteiger partial charge is 0.284 e. The second-order valence-corrected chi connectivity index (χ2v) is 7.42. The Morgan fingerprint density at radius 2 is 1.70 bits per heavy atom. The minimum atomic E-state index is -0.525. The third kappa shape index (κ3) is 3.99. The predicted octanol–water partition coefficient (Wildman–Crippen LogP) is 5.34. The second-order valence-electron chi connectivity index (χ2n) is 6.42. The van der Waals surface area contributed by atoms with Crippen molar-refractivity contribution in [2.75, 3.05) is 0 Å². The van der Waals surface area contributed by atoms with Crippen molar-refractivity contribution in [1.82, 2.24) is 10.2 Å². The first-order chi connectivity index (χ1) is 14.5. The quantitative estimate of drug-likeness (QED) is 0.237. The number of aromatic nitrogens is 2. The molecule has 0 saturated carbocycles. The van der Waals surface area contributed by atoms with Crippen LogP contribution in [0.2, 0.25) is 0 Å². The van der Waals surface area contributed by atoms with Crippen molar-refractivity contribution in [2.24, 2.45) is 0 Å². The summed E-state index contributed by atoms with van der Waals surface area (Å²) in [6.07, 6.45) is 0. The Hall–Kier alpha value is -3.78. The maximum Gasteiger partial charge on any atom is 0.284 e. The summed E-state index contributed by atoms with van der Waals surface area (Å²) in [6.45, 7) is 1.93. The van der Waals surface area contributed by atoms with Crippen LogP contribution in [-0.2, 0) is 0 Å². The van der Waals surface area contributed by atoms with E-state index in [1.54, 1.807) is 36.4 Å². The van der Waals surface area contributed by atoms with E-state index >= 15 is 0 Å². The second kappa shape index (κ2) is 8.30. The fraction of sp³-hybridized carbons (Fsp3) is 0.0455. The number of hydrogen-bond donors (Lipinski definition) is 0. The van der Waals surface area contributed by atoms with E-state index in [4.69, 9.17) is 4.42 Å². The maximum atomic E-state index is 12.6. The Balaban J connectivity index is 1.63. The van der Waals surface area contributed by atoms with Crippen molar-refractivity contribution in [3.63, 3.8) is 0 Å². The van der Waals surface area contributed by atoms with E-state index < -0.39 is 4.92 Å². The van der Waals surface area contributed by atoms with Crippen molar-refractivity contribution >= 4 is 23.2 Å². The van der Waals surface area contributed by atoms with Crippen molar-refractivity contribution in [3.8, 4) is 11.5 Å². The molecule has 7 nitrogen and oxygen atoms in total. The monoisotopic (exact) mass is 417 g/mol. The number of hydrogen-bond acceptors (Lipinski definition) is 7. The Labute approximate surface area is 175 Å². The van der Waals surface area contributed by atoms with Gasteiger partial charge in [0.05, 0.1) is 9.82 Å². The average molecular weight is 417 g/mol. The zero-order chi connectivity index (χ0) is 21.1. The topological polar surface area (TPSA) is 99.1 Å². The first-order valence-corrected chi connectivity index (χ1v) is 9.80. The van der Waals surface area contributed by atoms with Gasteiger partial charge in [0.25, 0.3) is 10.9 Å². The lowest BCUT2D eigenvalue weighted by Gasteiger charge is -2.04. The number of rotatable bonds is 6. The standard InChI is InChI=1S/C22H15N3O4S/c1-14-7-5-6-10-17(14)21-23-24-22(29-21)30-19-12-11-16(13-18(19)25(27)28)20(26)15-8-3-2-4-9-15/h2-13H,1H3. The van der Waals surface area contributed by atoms with Crippen molar-refractivity contribution < 1.29 is 14.1 Å². The maximum absolute atomic E-state index is 12.6. The van der Waals surface area contributed by atoms with Gasteiger partial charge in [-0.05, 0) is 42.4 Å². The van der Waals surface area contributed by atoms with Crippen LogP contribution in [-0.4, -0.2) is 20.9 Å². The molecule has 0 N–H and O–H groups in total. The lowest BCUT2D eigenvalue weighted by molar-refractivity contribution is -0.387. The molecular weight excluding hydrogens is 402 g/mol. The number of aryl methyl sites for hydroxylation is 1. The Kier molecular flexibility index (Phi) is 5.40. The highest BCUT2D eigenvalue weighted by molar-refractivity contribution is 7.99. The van der Waals surface area contributed by atoms with Gasteiger partial charge in [0.1, 0.15) is 0 Å². The van der Waals surface area contributed by atoms with Crippen LogP contribution in [0.1, 0.15) is 21.5 Å². The molecule has 0 spiro atoms. The molecule has 0 aliphatic carbocycles. The van der Waals surface area contributed by atoms with Gasteiger partial charge in [-0.15, -0.1) is 10.2 Å². The Morgan fingerprint density at radius 3 is 2.43 bits per heavy atom. The van der Waals surface area contributed by atoms with Gasteiger partial charge >= 0.3 is 0 Å². The first kappa shape index (κ1) is 19.5. The molecule has 3 aromatic carbocycles. The fourth-order valence-corrected chi connectivity index (χ4v) is 3.68. The van der Waals surface area contributed by atoms with Crippen LogP contribution < -0.4 is 0 Å². The van der Waals surface area contributed by atoms with Crippen molar-refractivity contribution in [3.05, 3.63) is 99.6 Å². The summed E-state index contributed by atoms with van der Waals surface area (Å²) in [4.78, 5) is 24.0. The van der Waals surface area contributed by atoms with E-state index in [0.29, 0.717) is 16.3 Å². The number of carbonyl (C=O) groups is 1. The van der Waals surface area contributed by atoms with Crippen LogP contribution in [0.4, 0.5) is 5.69 Å². The Bertz CT molecular complexity index is 1240. The van der Waals surface area contributed by atoms with Gasteiger partial charge in [-0.2, -0.15) is 0 Å². The lowest BCUT2D eigenvalue weighted by Crippen LogP contribution is -2.02. The minimum Gasteiger partial charge on any atom is -0.411 e. The number of benzene rings is 3. The SMILES string of the molecule is Cc1ccccc1-c1nnc(Sc2ccc(C(=O)c3ccccc3)cc2[N+](=O)[O-])o1. The van der Waals surface area contributed by atoms with E-state index in [-0.39, 0.29) is 22.3 Å². The highest BCUT2D eigenvalue weighted by Gasteiger charge is 2.21. The molecule has 0 radical (unpaired) electrons. The van der Waals surface area contributed by atoms with Crippen LogP contribution in [0.5, 0.6) is 0 Å². The molecule has 0 aliphatic rings. The molecule has 1 aromatic heterocycles. The molecule has 0 amide bonds. The van der Waals surface area contributed by atoms with Crippen LogP contribution >= 0.6 is 11.8 Å². The highest BCUT2D eigenvalue weighted by atomic mass is 32.2. The van der Waals surface area contributed by atoms with Gasteiger partial charge < -0.3 is 4.42 Å². The predicted molar refractivity (Wildman–Crippen MR) is 112 cm³/mol. The largest absolute Gasteiger partial charge is 0.411 e. The van der Waals surface area contributed by atoms with Gasteiger partial charge in [0, 0.05) is 22.8 Å². The van der Waals surface area contributed by atoms with E-state index in [1.165, 1.54) is 12.1 Å². The van der Waals surface area contributed by atoms with E-state index in [9.17, 15) is 14.9 Å². The summed E-state index contributed by atoms with van der Waals surface area (Å²) >= 11 is 0.987. The molecule has 4 aromatic rings. The van der Waals surface area contributed by atoms with Crippen LogP contribution in [0.15, 0.2) is 87.3 Å². The zero-order valence-corrected chi connectivity index (χ0v) is 16.6. The molecule has 4 rings (SSSR count). The molecule has 0 aliphatic heterocycles. The van der Waals surface area contributed by atoms with Crippen LogP contribution in [0.3, 0.4) is 0 Å². The normalized spacial score (nSPS) is 10.7. The van der Waals surface area contributed by atoms with Crippen LogP contribution in [0, 0.1) is 17.0 Å². The summed E-state index contributed by atoms with van der Waals surface area (Å²) in [6, 6.07) is 20.6. The van der Waals surface area contributed by atoms with Gasteiger partial charge in [-0.3, -0.25) is 14.9 Å². The average Bonchev–Trinajstić information content (AvgIpc) is 3.22. The molecule has 8 heteroatoms. The minimum absolute atomic E-state index is 0.179. The van der Waals surface area contributed by atoms with E-state index in [1.807, 2.05) is 31.2 Å². The molecule has 0 atom stereocenters. The zero-order valence-electron chi connectivity index (χ0n) is 15.8. The van der Waals surface area contributed by atoms with E-state index in [0.717, 1.165) is 22.9 Å². The number of nitrogens with zero attached hydrogens (tertiary/aromatic N) is 3. The fourth-order valence-electron chi connectivity index (χ4n) is 2.91. The van der Waals surface area contributed by atoms with Gasteiger partial charge in [0.2, 0.25) is 5.89 Å². The molecule has 148 valence electrons. The third-order valence-corrected chi connectivity index (χ3v) is 5.34. The number of carbonyl (C=O) groups excluding carboxylic acids is 1. The lowest BCUT2D eigenvalue weighted by atomic mass is 10.0. The summed E-state index contributed by atoms with van der Waals surface area (Å²) < 4.78 is 5.69. The number of nitro groups is 1. The van der Waals surface area contributed by atoms with E-state index in [2.05, 4.69) is 10.2 Å². The summed E-state index contributed by atoms with van der Waals surface area (Å²) in [5, 5.41) is 19.8. The molecule has 0 fully saturated rings. The molecular formula is C22H15N3O4S. The van der Waals surface area contributed by atoms with Gasteiger partial charge in [-0.25, -0.2) is 0 Å². The highest BCUT2D eigenvalue weighted by Crippen LogP contribution is 2.36. The molecule has 30 heavy (non-hydrogen) atoms. The molecule has 1 heterocycles. The van der Waals surface area contributed by atoms with Gasteiger partial charge in [0.15, 0.2) is 5.78 Å². The molecule has 0 bridgehead atoms. The summed E-state index contributed by atoms with van der Waals surface area (Å²) in [7, 11) is 0. The first-order valence-electron chi connectivity index (χ1n) is 8.98. The molecule has 0 unspecified atom stereocenters. The van der Waals surface area contributed by atoms with Crippen molar-refractivity contribution in [2.45, 2.75) is 17.0 Å². The summed E-state index contributed by atoms with van der Waals surface area (Å²) in [5.74, 6) is 0.0593. The van der Waals surface area contributed by atoms with Gasteiger partial charge in [-0.1, -0.05) is 48.5 Å². The number of ketones is 1. The third-order valence-electron chi connectivity index (χ3n) is 4.43. The molecule has 0 saturated heterocycles.